The van der Waals surface area contributed by atoms with Gasteiger partial charge in [-0.15, -0.1) is 0 Å². The van der Waals surface area contributed by atoms with Gasteiger partial charge < -0.3 is 0 Å². The summed E-state index contributed by atoms with van der Waals surface area (Å²) in [5.41, 5.74) is 2.36. The number of hydrogen-bond acceptors (Lipinski definition) is 2. The maximum atomic E-state index is 8.76. The zero-order valence-electron chi connectivity index (χ0n) is 8.85. The molecule has 0 fully saturated rings. The summed E-state index contributed by atoms with van der Waals surface area (Å²) in [7, 11) is 0. The lowest BCUT2D eigenvalue weighted by atomic mass is 9.88. The molecule has 0 bridgehead atoms. The van der Waals surface area contributed by atoms with Crippen LogP contribution in [0.1, 0.15) is 37.6 Å². The minimum absolute atomic E-state index is 0.0400. The molecular weight excluding hydrogens is 196 g/mol. The van der Waals surface area contributed by atoms with Crippen LogP contribution >= 0.6 is 11.6 Å². The Labute approximate surface area is 89.5 Å². The highest BCUT2D eigenvalue weighted by molar-refractivity contribution is 6.30. The van der Waals surface area contributed by atoms with Gasteiger partial charge in [-0.25, -0.2) is 4.98 Å². The van der Waals surface area contributed by atoms with Crippen molar-refractivity contribution in [2.45, 2.75) is 33.1 Å². The van der Waals surface area contributed by atoms with Crippen molar-refractivity contribution in [1.29, 1.82) is 5.26 Å². The Bertz CT molecular complexity index is 397. The van der Waals surface area contributed by atoms with Crippen LogP contribution in [-0.4, -0.2) is 4.98 Å². The second kappa shape index (κ2) is 3.59. The van der Waals surface area contributed by atoms with Crippen molar-refractivity contribution >= 4 is 11.6 Å². The van der Waals surface area contributed by atoms with Gasteiger partial charge in [-0.1, -0.05) is 32.4 Å². The fraction of sp³-hybridized carbons (Fsp3) is 0.455. The van der Waals surface area contributed by atoms with E-state index in [1.807, 2.05) is 13.0 Å². The number of hydrogen-bond donors (Lipinski definition) is 0. The van der Waals surface area contributed by atoms with Crippen LogP contribution in [0.4, 0.5) is 0 Å². The first-order chi connectivity index (χ1) is 6.36. The number of nitriles is 1. The largest absolute Gasteiger partial charge is 0.239 e. The number of nitrogens with zero attached hydrogens (tertiary/aromatic N) is 2. The first-order valence-electron chi connectivity index (χ1n) is 4.44. The third kappa shape index (κ3) is 2.05. The maximum Gasteiger partial charge on any atom is 0.147 e. The quantitative estimate of drug-likeness (QED) is 0.614. The van der Waals surface area contributed by atoms with Crippen LogP contribution in [0.2, 0.25) is 5.15 Å². The van der Waals surface area contributed by atoms with Crippen LogP contribution in [0.5, 0.6) is 0 Å². The summed E-state index contributed by atoms with van der Waals surface area (Å²) < 4.78 is 0. The minimum Gasteiger partial charge on any atom is -0.239 e. The minimum atomic E-state index is -0.0400. The monoisotopic (exact) mass is 208 g/mol. The molecule has 0 radical (unpaired) electrons. The van der Waals surface area contributed by atoms with Crippen molar-refractivity contribution < 1.29 is 0 Å². The SMILES string of the molecule is Cc1cc(C#N)c(Cl)nc1C(C)(C)C. The summed E-state index contributed by atoms with van der Waals surface area (Å²) in [6.45, 7) is 8.17. The Morgan fingerprint density at radius 2 is 2.00 bits per heavy atom. The van der Waals surface area contributed by atoms with Gasteiger partial charge in [0.1, 0.15) is 11.2 Å². The molecule has 1 rings (SSSR count). The van der Waals surface area contributed by atoms with E-state index in [0.717, 1.165) is 11.3 Å². The van der Waals surface area contributed by atoms with Gasteiger partial charge >= 0.3 is 0 Å². The van der Waals surface area contributed by atoms with E-state index in [-0.39, 0.29) is 5.41 Å². The van der Waals surface area contributed by atoms with E-state index in [9.17, 15) is 0 Å². The highest BCUT2D eigenvalue weighted by Gasteiger charge is 2.19. The van der Waals surface area contributed by atoms with Crippen molar-refractivity contribution in [3.05, 3.63) is 28.0 Å². The Balaban J connectivity index is 3.38. The van der Waals surface area contributed by atoms with Crippen LogP contribution in [0.15, 0.2) is 6.07 Å². The normalized spacial score (nSPS) is 11.1. The highest BCUT2D eigenvalue weighted by Crippen LogP contribution is 2.26. The van der Waals surface area contributed by atoms with Crippen LogP contribution in [0, 0.1) is 18.3 Å². The molecule has 2 nitrogen and oxygen atoms in total. The van der Waals surface area contributed by atoms with Crippen molar-refractivity contribution in [3.8, 4) is 6.07 Å². The van der Waals surface area contributed by atoms with Gasteiger partial charge in [0, 0.05) is 5.41 Å². The number of halogens is 1. The van der Waals surface area contributed by atoms with E-state index in [0.29, 0.717) is 10.7 Å². The molecule has 1 aromatic heterocycles. The Hall–Kier alpha value is -1.07. The van der Waals surface area contributed by atoms with Gasteiger partial charge in [-0.05, 0) is 18.6 Å². The molecule has 1 aromatic rings. The fourth-order valence-corrected chi connectivity index (χ4v) is 1.61. The second-order valence-corrected chi connectivity index (χ2v) is 4.71. The zero-order valence-corrected chi connectivity index (χ0v) is 9.61. The molecule has 0 aliphatic carbocycles. The van der Waals surface area contributed by atoms with Crippen molar-refractivity contribution in [3.63, 3.8) is 0 Å². The highest BCUT2D eigenvalue weighted by atomic mass is 35.5. The molecule has 0 aliphatic heterocycles. The van der Waals surface area contributed by atoms with E-state index < -0.39 is 0 Å². The van der Waals surface area contributed by atoms with Crippen LogP contribution < -0.4 is 0 Å². The predicted octanol–water partition coefficient (Wildman–Crippen LogP) is 3.21. The molecule has 14 heavy (non-hydrogen) atoms. The second-order valence-electron chi connectivity index (χ2n) is 4.35. The van der Waals surface area contributed by atoms with Gasteiger partial charge in [0.25, 0.3) is 0 Å². The van der Waals surface area contributed by atoms with Gasteiger partial charge in [0.05, 0.1) is 11.3 Å². The average Bonchev–Trinajstić information content (AvgIpc) is 2.06. The molecule has 0 spiro atoms. The molecule has 0 N–H and O–H groups in total. The van der Waals surface area contributed by atoms with Gasteiger partial charge in [0.15, 0.2) is 0 Å². The molecule has 74 valence electrons. The van der Waals surface area contributed by atoms with Crippen molar-refractivity contribution in [2.75, 3.05) is 0 Å². The molecule has 0 atom stereocenters. The van der Waals surface area contributed by atoms with Gasteiger partial charge in [-0.3, -0.25) is 0 Å². The Morgan fingerprint density at radius 1 is 1.43 bits per heavy atom. The molecule has 0 saturated heterocycles. The summed E-state index contributed by atoms with van der Waals surface area (Å²) in [5.74, 6) is 0. The first-order valence-corrected chi connectivity index (χ1v) is 4.82. The predicted molar refractivity (Wildman–Crippen MR) is 57.4 cm³/mol. The number of pyridine rings is 1. The van der Waals surface area contributed by atoms with Crippen molar-refractivity contribution in [2.24, 2.45) is 0 Å². The lowest BCUT2D eigenvalue weighted by Gasteiger charge is -2.20. The molecule has 0 amide bonds. The maximum absolute atomic E-state index is 8.76. The molecule has 0 unspecified atom stereocenters. The third-order valence-corrected chi connectivity index (χ3v) is 2.29. The number of aryl methyl sites for hydroxylation is 1. The van der Waals surface area contributed by atoms with Crippen LogP contribution in [0.3, 0.4) is 0 Å². The summed E-state index contributed by atoms with van der Waals surface area (Å²) in [6.07, 6.45) is 0. The van der Waals surface area contributed by atoms with Crippen molar-refractivity contribution in [1.82, 2.24) is 4.98 Å². The van der Waals surface area contributed by atoms with E-state index >= 15 is 0 Å². The molecule has 0 aliphatic rings. The Morgan fingerprint density at radius 3 is 2.43 bits per heavy atom. The molecule has 0 aromatic carbocycles. The lowest BCUT2D eigenvalue weighted by Crippen LogP contribution is -2.16. The standard InChI is InChI=1S/C11H13ClN2/c1-7-5-8(6-13)10(12)14-9(7)11(2,3)4/h5H,1-4H3. The summed E-state index contributed by atoms with van der Waals surface area (Å²) in [5, 5.41) is 9.06. The first kappa shape index (κ1) is 11.0. The summed E-state index contributed by atoms with van der Waals surface area (Å²) >= 11 is 5.87. The topological polar surface area (TPSA) is 36.7 Å². The van der Waals surface area contributed by atoms with E-state index in [4.69, 9.17) is 16.9 Å². The molecule has 0 saturated carbocycles. The Kier molecular flexibility index (Phi) is 2.82. The molecule has 3 heteroatoms. The lowest BCUT2D eigenvalue weighted by molar-refractivity contribution is 0.564. The van der Waals surface area contributed by atoms with E-state index in [1.54, 1.807) is 6.07 Å². The van der Waals surface area contributed by atoms with Crippen LogP contribution in [0.25, 0.3) is 0 Å². The average molecular weight is 209 g/mol. The molecular formula is C11H13ClN2. The number of rotatable bonds is 0. The van der Waals surface area contributed by atoms with Gasteiger partial charge in [-0.2, -0.15) is 5.26 Å². The van der Waals surface area contributed by atoms with E-state index in [1.165, 1.54) is 0 Å². The zero-order chi connectivity index (χ0) is 10.9. The smallest absolute Gasteiger partial charge is 0.147 e. The fourth-order valence-electron chi connectivity index (χ4n) is 1.43. The summed E-state index contributed by atoms with van der Waals surface area (Å²) in [4.78, 5) is 4.26. The van der Waals surface area contributed by atoms with E-state index in [2.05, 4.69) is 25.8 Å². The van der Waals surface area contributed by atoms with Gasteiger partial charge in [0.2, 0.25) is 0 Å². The van der Waals surface area contributed by atoms with Crippen LogP contribution in [-0.2, 0) is 5.41 Å². The molecule has 1 heterocycles. The number of aromatic nitrogens is 1. The third-order valence-electron chi connectivity index (χ3n) is 2.00. The summed E-state index contributed by atoms with van der Waals surface area (Å²) in [6, 6.07) is 3.81.